The molecule has 8 nitrogen and oxygen atoms in total. The number of likely N-dealkylation sites (tertiary alicyclic amines) is 1. The first kappa shape index (κ1) is 25.7. The largest absolute Gasteiger partial charge is 0.755 e. The van der Waals surface area contributed by atoms with E-state index < -0.39 is 16.9 Å². The van der Waals surface area contributed by atoms with E-state index in [1.54, 1.807) is 53.4 Å². The highest BCUT2D eigenvalue weighted by Crippen LogP contribution is 2.35. The van der Waals surface area contributed by atoms with Crippen molar-refractivity contribution < 1.29 is 23.1 Å². The monoisotopic (exact) mass is 508 g/mol. The van der Waals surface area contributed by atoms with Crippen LogP contribution >= 0.6 is 0 Å². The van der Waals surface area contributed by atoms with E-state index in [9.17, 15) is 18.4 Å². The van der Waals surface area contributed by atoms with Crippen LogP contribution in [0.5, 0.6) is 0 Å². The maximum Gasteiger partial charge on any atom is 0.410 e. The molecule has 3 aromatic carbocycles. The molecule has 3 aromatic rings. The molecule has 1 N–H and O–H groups in total. The summed E-state index contributed by atoms with van der Waals surface area (Å²) in [5.41, 5.74) is 1.07. The Hall–Kier alpha value is -3.43. The topological polar surface area (TPSA) is 102 Å². The molecule has 0 radical (unpaired) electrons. The zero-order valence-electron chi connectivity index (χ0n) is 20.6. The fraction of sp³-hybridized carbons (Fsp3) is 0.333. The predicted molar refractivity (Wildman–Crippen MR) is 141 cm³/mol. The molecule has 0 saturated carbocycles. The molecule has 1 atom stereocenters. The van der Waals surface area contributed by atoms with Crippen molar-refractivity contribution >= 4 is 45.4 Å². The number of piperidine rings is 1. The number of ether oxygens (including phenoxy) is 1. The van der Waals surface area contributed by atoms with Gasteiger partial charge in [-0.15, -0.1) is 0 Å². The van der Waals surface area contributed by atoms with Crippen LogP contribution in [-0.2, 0) is 16.0 Å². The summed E-state index contributed by atoms with van der Waals surface area (Å²) in [6.45, 7) is 6.25. The molecule has 1 aliphatic rings. The molecule has 0 aliphatic carbocycles. The van der Waals surface area contributed by atoms with Gasteiger partial charge in [-0.25, -0.2) is 4.79 Å². The fourth-order valence-corrected chi connectivity index (χ4v) is 5.16. The molecule has 1 heterocycles. The van der Waals surface area contributed by atoms with Gasteiger partial charge in [0.05, 0.1) is 5.69 Å². The number of anilines is 2. The van der Waals surface area contributed by atoms with Gasteiger partial charge >= 0.3 is 6.09 Å². The first-order valence-electron chi connectivity index (χ1n) is 11.9. The van der Waals surface area contributed by atoms with E-state index in [0.717, 1.165) is 5.39 Å². The fourth-order valence-electron chi connectivity index (χ4n) is 4.39. The molecule has 0 aromatic heterocycles. The minimum Gasteiger partial charge on any atom is -0.755 e. The summed E-state index contributed by atoms with van der Waals surface area (Å²) < 4.78 is 31.7. The lowest BCUT2D eigenvalue weighted by Gasteiger charge is -2.40. The normalized spacial score (nSPS) is 15.4. The Kier molecular flexibility index (Phi) is 7.61. The highest BCUT2D eigenvalue weighted by molar-refractivity contribution is 7.80. The van der Waals surface area contributed by atoms with E-state index in [2.05, 4.69) is 5.32 Å². The van der Waals surface area contributed by atoms with E-state index >= 15 is 0 Å². The average molecular weight is 509 g/mol. The maximum absolute atomic E-state index is 12.7. The minimum absolute atomic E-state index is 0.243. The second-order valence-corrected chi connectivity index (χ2v) is 10.6. The standard InChI is InChI=1S/C27H31N3O5S/c1-27(2,3)35-26(32)29-17-15-20(16-18-29)30(36(33)34)24-14-8-11-21-22(24)12-7-13-23(21)28-25(31)19-9-5-4-6-10-19/h4-14,20H,15-18H2,1-3H3,(H,28,31)(H,33,34)/p-1. The highest BCUT2D eigenvalue weighted by Gasteiger charge is 2.31. The second kappa shape index (κ2) is 10.7. The van der Waals surface area contributed by atoms with E-state index in [1.165, 1.54) is 4.31 Å². The average Bonchev–Trinajstić information content (AvgIpc) is 2.84. The third kappa shape index (κ3) is 5.85. The molecule has 1 fully saturated rings. The smallest absolute Gasteiger partial charge is 0.410 e. The van der Waals surface area contributed by atoms with Gasteiger partial charge in [0, 0.05) is 52.4 Å². The van der Waals surface area contributed by atoms with Crippen molar-refractivity contribution in [2.75, 3.05) is 22.7 Å². The summed E-state index contributed by atoms with van der Waals surface area (Å²) in [6, 6.07) is 19.4. The van der Waals surface area contributed by atoms with Gasteiger partial charge in [-0.05, 0) is 57.9 Å². The van der Waals surface area contributed by atoms with Gasteiger partial charge in [0.15, 0.2) is 0 Å². The Labute approximate surface area is 213 Å². The van der Waals surface area contributed by atoms with E-state index in [-0.39, 0.29) is 18.0 Å². The number of nitrogens with zero attached hydrogens (tertiary/aromatic N) is 2. The minimum atomic E-state index is -2.53. The first-order chi connectivity index (χ1) is 17.1. The Morgan fingerprint density at radius 3 is 2.25 bits per heavy atom. The predicted octanol–water partition coefficient (Wildman–Crippen LogP) is 5.09. The Morgan fingerprint density at radius 1 is 0.972 bits per heavy atom. The molecular weight excluding hydrogens is 478 g/mol. The van der Waals surface area contributed by atoms with Crippen molar-refractivity contribution in [2.24, 2.45) is 0 Å². The lowest BCUT2D eigenvalue weighted by atomic mass is 10.0. The van der Waals surface area contributed by atoms with Gasteiger partial charge in [-0.2, -0.15) is 0 Å². The number of fused-ring (bicyclic) bond motifs is 1. The lowest BCUT2D eigenvalue weighted by molar-refractivity contribution is 0.0207. The van der Waals surface area contributed by atoms with E-state index in [1.807, 2.05) is 39.0 Å². The van der Waals surface area contributed by atoms with Crippen molar-refractivity contribution in [1.82, 2.24) is 4.90 Å². The number of nitrogens with one attached hydrogen (secondary N) is 1. The van der Waals surface area contributed by atoms with Crippen molar-refractivity contribution in [3.8, 4) is 0 Å². The first-order valence-corrected chi connectivity index (χ1v) is 12.9. The highest BCUT2D eigenvalue weighted by atomic mass is 32.2. The molecule has 2 amide bonds. The summed E-state index contributed by atoms with van der Waals surface area (Å²) in [5.74, 6) is -0.243. The van der Waals surface area contributed by atoms with Crippen LogP contribution < -0.4 is 9.62 Å². The Balaban J connectivity index is 1.58. The molecule has 1 aliphatic heterocycles. The van der Waals surface area contributed by atoms with Crippen molar-refractivity contribution in [3.63, 3.8) is 0 Å². The van der Waals surface area contributed by atoms with Gasteiger partial charge in [0.1, 0.15) is 5.60 Å². The molecule has 1 unspecified atom stereocenters. The Bertz CT molecular complexity index is 1270. The molecule has 1 saturated heterocycles. The van der Waals surface area contributed by atoms with Crippen molar-refractivity contribution in [2.45, 2.75) is 45.3 Å². The Morgan fingerprint density at radius 2 is 1.61 bits per heavy atom. The third-order valence-corrected chi connectivity index (χ3v) is 6.85. The van der Waals surface area contributed by atoms with Crippen LogP contribution in [0.3, 0.4) is 0 Å². The van der Waals surface area contributed by atoms with Crippen LogP contribution in [0.1, 0.15) is 44.0 Å². The van der Waals surface area contributed by atoms with Crippen molar-refractivity contribution in [1.29, 1.82) is 0 Å². The SMILES string of the molecule is CC(C)(C)OC(=O)N1CCC(N(c2cccc3c(NC(=O)c4ccccc4)cccc23)S(=O)[O-])CC1. The van der Waals surface area contributed by atoms with Crippen molar-refractivity contribution in [3.05, 3.63) is 72.3 Å². The van der Waals surface area contributed by atoms with Crippen LogP contribution in [0.4, 0.5) is 16.2 Å². The van der Waals surface area contributed by atoms with Gasteiger partial charge < -0.3 is 19.5 Å². The summed E-state index contributed by atoms with van der Waals surface area (Å²) in [6.07, 6.45) is 0.571. The lowest BCUT2D eigenvalue weighted by Crippen LogP contribution is -2.48. The molecule has 9 heteroatoms. The van der Waals surface area contributed by atoms with Gasteiger partial charge in [0.2, 0.25) is 0 Å². The number of carbonyl (C=O) groups is 2. The van der Waals surface area contributed by atoms with Crippen LogP contribution in [0.15, 0.2) is 66.7 Å². The second-order valence-electron chi connectivity index (χ2n) is 9.74. The van der Waals surface area contributed by atoms with E-state index in [4.69, 9.17) is 4.74 Å². The molecule has 4 rings (SSSR count). The molecule has 0 bridgehead atoms. The number of carbonyl (C=O) groups excluding carboxylic acids is 2. The zero-order valence-corrected chi connectivity index (χ0v) is 21.4. The number of benzene rings is 3. The number of amides is 2. The van der Waals surface area contributed by atoms with Crippen LogP contribution in [0.2, 0.25) is 0 Å². The molecule has 36 heavy (non-hydrogen) atoms. The molecular formula is C27H30N3O5S-. The number of rotatable bonds is 5. The third-order valence-electron chi connectivity index (χ3n) is 6.03. The summed E-state index contributed by atoms with van der Waals surface area (Å²) in [5, 5.41) is 4.39. The van der Waals surface area contributed by atoms with Gasteiger partial charge in [-0.1, -0.05) is 42.5 Å². The van der Waals surface area contributed by atoms with Gasteiger partial charge in [0.25, 0.3) is 5.91 Å². The van der Waals surface area contributed by atoms with Crippen LogP contribution in [0, 0.1) is 0 Å². The van der Waals surface area contributed by atoms with Crippen LogP contribution in [-0.4, -0.2) is 50.4 Å². The number of hydrogen-bond donors (Lipinski definition) is 1. The number of hydrogen-bond acceptors (Lipinski definition) is 5. The molecule has 0 spiro atoms. The van der Waals surface area contributed by atoms with Gasteiger partial charge in [-0.3, -0.25) is 13.3 Å². The quantitative estimate of drug-likeness (QED) is 0.484. The summed E-state index contributed by atoms with van der Waals surface area (Å²) >= 11 is -2.53. The summed E-state index contributed by atoms with van der Waals surface area (Å²) in [4.78, 5) is 26.8. The summed E-state index contributed by atoms with van der Waals surface area (Å²) in [7, 11) is 0. The van der Waals surface area contributed by atoms with Crippen LogP contribution in [0.25, 0.3) is 10.8 Å². The zero-order chi connectivity index (χ0) is 25.9. The van der Waals surface area contributed by atoms with E-state index in [0.29, 0.717) is 48.3 Å². The maximum atomic E-state index is 12.7. The molecule has 190 valence electrons.